The molecule has 120 valence electrons. The quantitative estimate of drug-likeness (QED) is 0.550. The van der Waals surface area contributed by atoms with E-state index in [1.54, 1.807) is 36.4 Å². The highest BCUT2D eigenvalue weighted by Crippen LogP contribution is 2.51. The molecule has 0 atom stereocenters. The van der Waals surface area contributed by atoms with E-state index in [2.05, 4.69) is 0 Å². The van der Waals surface area contributed by atoms with Crippen LogP contribution in [0.2, 0.25) is 0 Å². The predicted molar refractivity (Wildman–Crippen MR) is 87.0 cm³/mol. The van der Waals surface area contributed by atoms with Crippen LogP contribution in [0, 0.1) is 0 Å². The van der Waals surface area contributed by atoms with Crippen molar-refractivity contribution < 1.29 is 28.3 Å². The van der Waals surface area contributed by atoms with Gasteiger partial charge in [0.05, 0.1) is 10.8 Å². The highest BCUT2D eigenvalue weighted by atomic mass is 31.2. The second-order valence-corrected chi connectivity index (χ2v) is 6.67. The Kier molecular flexibility index (Phi) is 3.90. The van der Waals surface area contributed by atoms with Gasteiger partial charge in [0.25, 0.3) is 0 Å². The summed E-state index contributed by atoms with van der Waals surface area (Å²) in [6.07, 6.45) is 0. The van der Waals surface area contributed by atoms with E-state index in [-0.39, 0.29) is 17.2 Å². The molecule has 0 spiro atoms. The van der Waals surface area contributed by atoms with Gasteiger partial charge in [-0.15, -0.1) is 0 Å². The molecular formula is C16H15O6P. The van der Waals surface area contributed by atoms with Crippen molar-refractivity contribution in [1.29, 1.82) is 0 Å². The van der Waals surface area contributed by atoms with E-state index in [9.17, 15) is 14.8 Å². The third kappa shape index (κ3) is 2.61. The number of phosphoric acid groups is 1. The molecule has 3 aromatic carbocycles. The summed E-state index contributed by atoms with van der Waals surface area (Å²) >= 11 is 0. The Labute approximate surface area is 132 Å². The first-order valence-corrected chi connectivity index (χ1v) is 8.22. The zero-order valence-electron chi connectivity index (χ0n) is 12.5. The van der Waals surface area contributed by atoms with Crippen LogP contribution in [0.15, 0.2) is 42.5 Å². The molecule has 0 unspecified atom stereocenters. The van der Waals surface area contributed by atoms with E-state index in [0.717, 1.165) is 0 Å². The molecule has 0 aliphatic rings. The molecule has 0 aliphatic heterocycles. The first kappa shape index (κ1) is 15.6. The van der Waals surface area contributed by atoms with E-state index >= 15 is 0 Å². The fraction of sp³-hybridized carbons (Fsp3) is 0.125. The van der Waals surface area contributed by atoms with E-state index in [1.807, 2.05) is 0 Å². The van der Waals surface area contributed by atoms with Crippen molar-refractivity contribution in [2.45, 2.75) is 0 Å². The van der Waals surface area contributed by atoms with Crippen LogP contribution < -0.4 is 4.52 Å². The summed E-state index contributed by atoms with van der Waals surface area (Å²) in [6.45, 7) is 0. The number of benzene rings is 3. The summed E-state index contributed by atoms with van der Waals surface area (Å²) in [7, 11) is -1.36. The lowest BCUT2D eigenvalue weighted by molar-refractivity contribution is 0.212. The zero-order valence-corrected chi connectivity index (χ0v) is 13.4. The van der Waals surface area contributed by atoms with Gasteiger partial charge in [-0.25, -0.2) is 4.57 Å². The number of aromatic hydroxyl groups is 2. The van der Waals surface area contributed by atoms with Gasteiger partial charge in [0.15, 0.2) is 0 Å². The Hall–Kier alpha value is -2.27. The highest BCUT2D eigenvalue weighted by molar-refractivity contribution is 7.48. The standard InChI is InChI=1S/C16H15O6P/c1-20-23(19,21-2)22-13-8-4-6-11-9-10-5-3-7-12(17)14(10)16(18)15(11)13/h3-9,17-18H,1-2H3. The number of phosphoric ester groups is 1. The minimum atomic E-state index is -3.77. The molecule has 0 saturated heterocycles. The number of fused-ring (bicyclic) bond motifs is 2. The summed E-state index contributed by atoms with van der Waals surface area (Å²) in [6, 6.07) is 11.7. The maximum Gasteiger partial charge on any atom is 0.529 e. The minimum absolute atomic E-state index is 0.0571. The van der Waals surface area contributed by atoms with Crippen LogP contribution in [0.5, 0.6) is 17.2 Å². The molecule has 0 fully saturated rings. The van der Waals surface area contributed by atoms with Crippen molar-refractivity contribution in [3.63, 3.8) is 0 Å². The smallest absolute Gasteiger partial charge is 0.507 e. The van der Waals surface area contributed by atoms with Crippen LogP contribution >= 0.6 is 7.82 Å². The van der Waals surface area contributed by atoms with Crippen LogP contribution in [0.1, 0.15) is 0 Å². The van der Waals surface area contributed by atoms with Crippen molar-refractivity contribution in [1.82, 2.24) is 0 Å². The molecular weight excluding hydrogens is 319 g/mol. The van der Waals surface area contributed by atoms with Gasteiger partial charge in [0.2, 0.25) is 0 Å². The molecule has 0 saturated carbocycles. The molecule has 7 heteroatoms. The minimum Gasteiger partial charge on any atom is -0.507 e. The summed E-state index contributed by atoms with van der Waals surface area (Å²) in [5.74, 6) is -0.0829. The summed E-state index contributed by atoms with van der Waals surface area (Å²) in [5, 5.41) is 22.6. The maximum absolute atomic E-state index is 12.2. The van der Waals surface area contributed by atoms with E-state index in [4.69, 9.17) is 13.6 Å². The summed E-state index contributed by atoms with van der Waals surface area (Å²) in [4.78, 5) is 0. The third-order valence-corrected chi connectivity index (χ3v) is 4.89. The Bertz CT molecular complexity index is 929. The van der Waals surface area contributed by atoms with Gasteiger partial charge in [-0.05, 0) is 29.0 Å². The molecule has 0 bridgehead atoms. The molecule has 6 nitrogen and oxygen atoms in total. The van der Waals surface area contributed by atoms with Gasteiger partial charge in [-0.3, -0.25) is 9.05 Å². The van der Waals surface area contributed by atoms with Gasteiger partial charge in [-0.2, -0.15) is 0 Å². The molecule has 0 radical (unpaired) electrons. The number of hydrogen-bond donors (Lipinski definition) is 2. The Morgan fingerprint density at radius 1 is 0.913 bits per heavy atom. The van der Waals surface area contributed by atoms with E-state index < -0.39 is 7.82 Å². The third-order valence-electron chi connectivity index (χ3n) is 3.58. The largest absolute Gasteiger partial charge is 0.529 e. The summed E-state index contributed by atoms with van der Waals surface area (Å²) < 4.78 is 27.1. The van der Waals surface area contributed by atoms with Crippen molar-refractivity contribution in [3.8, 4) is 17.2 Å². The Morgan fingerprint density at radius 3 is 2.17 bits per heavy atom. The molecule has 3 aromatic rings. The average Bonchev–Trinajstić information content (AvgIpc) is 2.54. The summed E-state index contributed by atoms with van der Waals surface area (Å²) in [5.41, 5.74) is 0. The monoisotopic (exact) mass is 334 g/mol. The number of phenols is 2. The fourth-order valence-electron chi connectivity index (χ4n) is 2.50. The van der Waals surface area contributed by atoms with E-state index in [1.165, 1.54) is 20.3 Å². The number of rotatable bonds is 4. The first-order valence-electron chi connectivity index (χ1n) is 6.76. The molecule has 3 rings (SSSR count). The van der Waals surface area contributed by atoms with Crippen molar-refractivity contribution in [3.05, 3.63) is 42.5 Å². The molecule has 23 heavy (non-hydrogen) atoms. The normalized spacial score (nSPS) is 11.9. The molecule has 0 aromatic heterocycles. The SMILES string of the molecule is COP(=O)(OC)Oc1cccc2cc3cccc(O)c3c(O)c12. The van der Waals surface area contributed by atoms with Gasteiger partial charge < -0.3 is 14.7 Å². The zero-order chi connectivity index (χ0) is 16.6. The fourth-order valence-corrected chi connectivity index (χ4v) is 3.19. The van der Waals surface area contributed by atoms with Gasteiger partial charge >= 0.3 is 7.82 Å². The van der Waals surface area contributed by atoms with Crippen LogP contribution in [0.3, 0.4) is 0 Å². The lowest BCUT2D eigenvalue weighted by Crippen LogP contribution is -1.98. The van der Waals surface area contributed by atoms with Crippen molar-refractivity contribution >= 4 is 29.4 Å². The van der Waals surface area contributed by atoms with Gasteiger partial charge in [0.1, 0.15) is 17.2 Å². The number of phenolic OH excluding ortho intramolecular Hbond substituents is 2. The molecule has 2 N–H and O–H groups in total. The molecule has 0 heterocycles. The molecule has 0 aliphatic carbocycles. The van der Waals surface area contributed by atoms with Gasteiger partial charge in [-0.1, -0.05) is 24.3 Å². The van der Waals surface area contributed by atoms with Crippen molar-refractivity contribution in [2.75, 3.05) is 14.2 Å². The van der Waals surface area contributed by atoms with E-state index in [0.29, 0.717) is 21.5 Å². The van der Waals surface area contributed by atoms with Crippen LogP contribution in [0.4, 0.5) is 0 Å². The topological polar surface area (TPSA) is 85.2 Å². The second-order valence-electron chi connectivity index (χ2n) is 4.86. The number of hydrogen-bond acceptors (Lipinski definition) is 6. The average molecular weight is 334 g/mol. The Morgan fingerprint density at radius 2 is 1.52 bits per heavy atom. The first-order chi connectivity index (χ1) is 11.0. The lowest BCUT2D eigenvalue weighted by atomic mass is 10.0. The van der Waals surface area contributed by atoms with Crippen LogP contribution in [-0.2, 0) is 13.6 Å². The van der Waals surface area contributed by atoms with Crippen LogP contribution in [-0.4, -0.2) is 24.4 Å². The Balaban J connectivity index is 2.32. The van der Waals surface area contributed by atoms with Crippen LogP contribution in [0.25, 0.3) is 21.5 Å². The molecule has 0 amide bonds. The van der Waals surface area contributed by atoms with Crippen molar-refractivity contribution in [2.24, 2.45) is 0 Å². The lowest BCUT2D eigenvalue weighted by Gasteiger charge is -2.17. The predicted octanol–water partition coefficient (Wildman–Crippen LogP) is 4.18. The maximum atomic E-state index is 12.2. The van der Waals surface area contributed by atoms with Gasteiger partial charge in [0, 0.05) is 14.2 Å². The second kappa shape index (κ2) is 5.74. The highest BCUT2D eigenvalue weighted by Gasteiger charge is 2.26.